The predicted molar refractivity (Wildman–Crippen MR) is 62.8 cm³/mol. The lowest BCUT2D eigenvalue weighted by molar-refractivity contribution is 0.0139. The molecule has 1 aliphatic carbocycles. The summed E-state index contributed by atoms with van der Waals surface area (Å²) in [4.78, 5) is 0. The van der Waals surface area contributed by atoms with Crippen LogP contribution >= 0.6 is 0 Å². The zero-order valence-corrected chi connectivity index (χ0v) is 9.66. The molecule has 1 heteroatoms. The van der Waals surface area contributed by atoms with Crippen LogP contribution in [-0.2, 0) is 6.42 Å². The second kappa shape index (κ2) is 3.97. The maximum Gasteiger partial charge on any atom is 0.0713 e. The Labute approximate surface area is 92.1 Å². The number of hydrogen-bond acceptors (Lipinski definition) is 1. The zero-order chi connectivity index (χ0) is 10.9. The van der Waals surface area contributed by atoms with Crippen molar-refractivity contribution in [3.05, 3.63) is 35.4 Å². The highest BCUT2D eigenvalue weighted by Crippen LogP contribution is 2.43. The monoisotopic (exact) mass is 204 g/mol. The van der Waals surface area contributed by atoms with Crippen molar-refractivity contribution >= 4 is 0 Å². The number of hydrogen-bond donors (Lipinski definition) is 1. The smallest absolute Gasteiger partial charge is 0.0713 e. The van der Waals surface area contributed by atoms with Gasteiger partial charge >= 0.3 is 0 Å². The maximum atomic E-state index is 10.5. The molecule has 1 nitrogen and oxygen atoms in total. The molecular weight excluding hydrogens is 184 g/mol. The van der Waals surface area contributed by atoms with Crippen LogP contribution in [0.25, 0.3) is 0 Å². The lowest BCUT2D eigenvalue weighted by Gasteiger charge is -2.27. The van der Waals surface area contributed by atoms with Gasteiger partial charge in [-0.05, 0) is 37.7 Å². The van der Waals surface area contributed by atoms with Crippen LogP contribution in [0.2, 0.25) is 0 Å². The minimum Gasteiger partial charge on any atom is -0.389 e. The Kier molecular flexibility index (Phi) is 2.83. The molecule has 0 bridgehead atoms. The van der Waals surface area contributed by atoms with E-state index in [-0.39, 0.29) is 0 Å². The Hall–Kier alpha value is -0.820. The molecule has 0 aromatic heterocycles. The highest BCUT2D eigenvalue weighted by atomic mass is 16.3. The van der Waals surface area contributed by atoms with Crippen molar-refractivity contribution in [3.63, 3.8) is 0 Å². The Balaban J connectivity index is 2.12. The van der Waals surface area contributed by atoms with Crippen LogP contribution in [-0.4, -0.2) is 10.7 Å². The Bertz CT molecular complexity index is 341. The quantitative estimate of drug-likeness (QED) is 0.799. The summed E-state index contributed by atoms with van der Waals surface area (Å²) in [5.74, 6) is 0.544. The third kappa shape index (κ3) is 2.40. The molecule has 1 N–H and O–H groups in total. The lowest BCUT2D eigenvalue weighted by atomic mass is 9.87. The first-order chi connectivity index (χ1) is 7.14. The summed E-state index contributed by atoms with van der Waals surface area (Å²) in [6, 6.07) is 8.48. The van der Waals surface area contributed by atoms with E-state index in [0.29, 0.717) is 5.92 Å². The number of aliphatic hydroxyl groups is 1. The van der Waals surface area contributed by atoms with E-state index in [1.165, 1.54) is 24.0 Å². The fourth-order valence-electron chi connectivity index (χ4n) is 2.35. The Morgan fingerprint density at radius 2 is 2.13 bits per heavy atom. The number of rotatable bonds is 4. The van der Waals surface area contributed by atoms with E-state index >= 15 is 0 Å². The van der Waals surface area contributed by atoms with Gasteiger partial charge in [-0.25, -0.2) is 0 Å². The molecule has 1 aliphatic rings. The highest BCUT2D eigenvalue weighted by molar-refractivity contribution is 5.24. The Morgan fingerprint density at radius 3 is 2.67 bits per heavy atom. The largest absolute Gasteiger partial charge is 0.389 e. The molecule has 0 amide bonds. The molecular formula is C14H20O. The summed E-state index contributed by atoms with van der Waals surface area (Å²) >= 11 is 0. The van der Waals surface area contributed by atoms with E-state index in [1.54, 1.807) is 0 Å². The molecule has 1 aromatic carbocycles. The van der Waals surface area contributed by atoms with Crippen molar-refractivity contribution < 1.29 is 5.11 Å². The van der Waals surface area contributed by atoms with Gasteiger partial charge in [-0.2, -0.15) is 0 Å². The van der Waals surface area contributed by atoms with E-state index in [4.69, 9.17) is 0 Å². The van der Waals surface area contributed by atoms with Gasteiger partial charge in [-0.1, -0.05) is 36.8 Å². The highest BCUT2D eigenvalue weighted by Gasteiger charge is 2.42. The van der Waals surface area contributed by atoms with E-state index in [0.717, 1.165) is 12.8 Å². The maximum absolute atomic E-state index is 10.5. The molecule has 1 aromatic rings. The molecule has 2 rings (SSSR count). The zero-order valence-electron chi connectivity index (χ0n) is 9.66. The summed E-state index contributed by atoms with van der Waals surface area (Å²) < 4.78 is 0. The minimum atomic E-state index is -0.451. The van der Waals surface area contributed by atoms with Crippen LogP contribution in [0.1, 0.15) is 37.3 Å². The van der Waals surface area contributed by atoms with Crippen LogP contribution in [0.3, 0.4) is 0 Å². The van der Waals surface area contributed by atoms with Crippen LogP contribution < -0.4 is 0 Å². The second-order valence-electron chi connectivity index (χ2n) is 4.90. The SMILES string of the molecule is CCC(O)(Cc1cccc(C)c1)C1CC1. The average molecular weight is 204 g/mol. The van der Waals surface area contributed by atoms with Crippen molar-refractivity contribution in [1.29, 1.82) is 0 Å². The molecule has 0 spiro atoms. The summed E-state index contributed by atoms with van der Waals surface area (Å²) in [5, 5.41) is 10.5. The van der Waals surface area contributed by atoms with E-state index in [1.807, 2.05) is 0 Å². The topological polar surface area (TPSA) is 20.2 Å². The van der Waals surface area contributed by atoms with Gasteiger partial charge in [-0.15, -0.1) is 0 Å². The molecule has 0 aliphatic heterocycles. The van der Waals surface area contributed by atoms with Crippen LogP contribution in [0, 0.1) is 12.8 Å². The van der Waals surface area contributed by atoms with Gasteiger partial charge in [0.2, 0.25) is 0 Å². The molecule has 1 unspecified atom stereocenters. The first kappa shape index (κ1) is 10.7. The van der Waals surface area contributed by atoms with Gasteiger partial charge < -0.3 is 5.11 Å². The molecule has 0 saturated heterocycles. The molecule has 1 saturated carbocycles. The van der Waals surface area contributed by atoms with Crippen molar-refractivity contribution in [2.75, 3.05) is 0 Å². The number of aryl methyl sites for hydroxylation is 1. The molecule has 0 radical (unpaired) electrons. The van der Waals surface area contributed by atoms with E-state index in [9.17, 15) is 5.11 Å². The van der Waals surface area contributed by atoms with Crippen molar-refractivity contribution in [2.45, 2.75) is 45.1 Å². The summed E-state index contributed by atoms with van der Waals surface area (Å²) in [7, 11) is 0. The van der Waals surface area contributed by atoms with Crippen LogP contribution in [0.5, 0.6) is 0 Å². The predicted octanol–water partition coefficient (Wildman–Crippen LogP) is 3.09. The van der Waals surface area contributed by atoms with Crippen LogP contribution in [0.15, 0.2) is 24.3 Å². The molecule has 15 heavy (non-hydrogen) atoms. The first-order valence-electron chi connectivity index (χ1n) is 5.92. The first-order valence-corrected chi connectivity index (χ1v) is 5.92. The Morgan fingerprint density at radius 1 is 1.40 bits per heavy atom. The third-order valence-corrected chi connectivity index (χ3v) is 3.54. The normalized spacial score (nSPS) is 19.9. The van der Waals surface area contributed by atoms with Crippen molar-refractivity contribution in [3.8, 4) is 0 Å². The van der Waals surface area contributed by atoms with Crippen LogP contribution in [0.4, 0.5) is 0 Å². The minimum absolute atomic E-state index is 0.451. The average Bonchev–Trinajstić information content (AvgIpc) is 3.01. The van der Waals surface area contributed by atoms with Gasteiger partial charge in [-0.3, -0.25) is 0 Å². The van der Waals surface area contributed by atoms with Crippen molar-refractivity contribution in [1.82, 2.24) is 0 Å². The van der Waals surface area contributed by atoms with E-state index < -0.39 is 5.60 Å². The molecule has 82 valence electrons. The second-order valence-corrected chi connectivity index (χ2v) is 4.90. The standard InChI is InChI=1S/C14H20O/c1-3-14(15,13-7-8-13)10-12-6-4-5-11(2)9-12/h4-6,9,13,15H,3,7-8,10H2,1-2H3. The van der Waals surface area contributed by atoms with Crippen molar-refractivity contribution in [2.24, 2.45) is 5.92 Å². The molecule has 1 atom stereocenters. The van der Waals surface area contributed by atoms with Gasteiger partial charge in [0, 0.05) is 6.42 Å². The fraction of sp³-hybridized carbons (Fsp3) is 0.571. The summed E-state index contributed by atoms with van der Waals surface area (Å²) in [6.07, 6.45) is 4.09. The van der Waals surface area contributed by atoms with Gasteiger partial charge in [0.1, 0.15) is 0 Å². The molecule has 1 fully saturated rings. The van der Waals surface area contributed by atoms with Gasteiger partial charge in [0.05, 0.1) is 5.60 Å². The van der Waals surface area contributed by atoms with E-state index in [2.05, 4.69) is 38.1 Å². The van der Waals surface area contributed by atoms with Gasteiger partial charge in [0.25, 0.3) is 0 Å². The lowest BCUT2D eigenvalue weighted by Crippen LogP contribution is -2.33. The summed E-state index contributed by atoms with van der Waals surface area (Å²) in [6.45, 7) is 4.19. The third-order valence-electron chi connectivity index (χ3n) is 3.54. The van der Waals surface area contributed by atoms with Gasteiger partial charge in [0.15, 0.2) is 0 Å². The summed E-state index contributed by atoms with van der Waals surface area (Å²) in [5.41, 5.74) is 2.10. The fourth-order valence-corrected chi connectivity index (χ4v) is 2.35. The molecule has 0 heterocycles. The number of benzene rings is 1.